The third-order valence-corrected chi connectivity index (χ3v) is 6.23. The quantitative estimate of drug-likeness (QED) is 0.898. The predicted molar refractivity (Wildman–Crippen MR) is 103 cm³/mol. The van der Waals surface area contributed by atoms with Crippen LogP contribution < -0.4 is 9.62 Å². The van der Waals surface area contributed by atoms with Crippen molar-refractivity contribution < 1.29 is 13.2 Å². The number of anilines is 1. The second-order valence-electron chi connectivity index (χ2n) is 7.71. The minimum Gasteiger partial charge on any atom is -0.347 e. The lowest BCUT2D eigenvalue weighted by Gasteiger charge is -2.24. The van der Waals surface area contributed by atoms with Crippen LogP contribution >= 0.6 is 0 Å². The minimum absolute atomic E-state index is 0.155. The van der Waals surface area contributed by atoms with Gasteiger partial charge < -0.3 is 5.32 Å². The molecule has 0 fully saturated rings. The fraction of sp³-hybridized carbons (Fsp3) is 0.350. The van der Waals surface area contributed by atoms with Crippen molar-refractivity contribution in [1.82, 2.24) is 5.32 Å². The molecule has 26 heavy (non-hydrogen) atoms. The standard InChI is InChI=1S/C20H24N2O3S/c1-14-12-16-13-15(19(23)21-20(2,3)4)10-11-18(16)22(14)26(24,25)17-8-6-5-7-9-17/h5-11,13-14H,12H2,1-4H3,(H,21,23)/t14-/m1/s1. The summed E-state index contributed by atoms with van der Waals surface area (Å²) < 4.78 is 27.6. The Morgan fingerprint density at radius 1 is 1.12 bits per heavy atom. The van der Waals surface area contributed by atoms with Gasteiger partial charge in [-0.1, -0.05) is 18.2 Å². The first-order valence-corrected chi connectivity index (χ1v) is 10.1. The molecule has 6 heteroatoms. The summed E-state index contributed by atoms with van der Waals surface area (Å²) >= 11 is 0. The molecule has 0 radical (unpaired) electrons. The zero-order valence-corrected chi connectivity index (χ0v) is 16.3. The number of fused-ring (bicyclic) bond motifs is 1. The van der Waals surface area contributed by atoms with E-state index in [2.05, 4.69) is 5.32 Å². The number of nitrogens with zero attached hydrogens (tertiary/aromatic N) is 1. The Balaban J connectivity index is 1.97. The van der Waals surface area contributed by atoms with Crippen LogP contribution in [0.2, 0.25) is 0 Å². The van der Waals surface area contributed by atoms with Crippen LogP contribution in [0.15, 0.2) is 53.4 Å². The van der Waals surface area contributed by atoms with Gasteiger partial charge in [-0.2, -0.15) is 0 Å². The minimum atomic E-state index is -3.63. The van der Waals surface area contributed by atoms with E-state index in [0.717, 1.165) is 5.56 Å². The molecule has 2 aromatic carbocycles. The Bertz CT molecular complexity index is 931. The molecule has 5 nitrogen and oxygen atoms in total. The highest BCUT2D eigenvalue weighted by Crippen LogP contribution is 2.37. The number of amides is 1. The summed E-state index contributed by atoms with van der Waals surface area (Å²) in [7, 11) is -3.63. The van der Waals surface area contributed by atoms with Crippen molar-refractivity contribution in [3.63, 3.8) is 0 Å². The van der Waals surface area contributed by atoms with Crippen LogP contribution in [0.4, 0.5) is 5.69 Å². The monoisotopic (exact) mass is 372 g/mol. The largest absolute Gasteiger partial charge is 0.347 e. The van der Waals surface area contributed by atoms with Gasteiger partial charge in [0.05, 0.1) is 10.6 Å². The zero-order chi connectivity index (χ0) is 19.1. The molecule has 1 heterocycles. The smallest absolute Gasteiger partial charge is 0.264 e. The first-order chi connectivity index (χ1) is 12.1. The van der Waals surface area contributed by atoms with E-state index >= 15 is 0 Å². The van der Waals surface area contributed by atoms with Crippen molar-refractivity contribution in [3.8, 4) is 0 Å². The molecular weight excluding hydrogens is 348 g/mol. The molecule has 1 N–H and O–H groups in total. The van der Waals surface area contributed by atoms with E-state index in [4.69, 9.17) is 0 Å². The van der Waals surface area contributed by atoms with Crippen LogP contribution in [0.5, 0.6) is 0 Å². The molecule has 1 atom stereocenters. The number of sulfonamides is 1. The maximum Gasteiger partial charge on any atom is 0.264 e. The van der Waals surface area contributed by atoms with Crippen LogP contribution in [0, 0.1) is 0 Å². The van der Waals surface area contributed by atoms with Gasteiger partial charge in [0.15, 0.2) is 0 Å². The third kappa shape index (κ3) is 3.46. The lowest BCUT2D eigenvalue weighted by Crippen LogP contribution is -2.40. The lowest BCUT2D eigenvalue weighted by molar-refractivity contribution is 0.0919. The van der Waals surface area contributed by atoms with E-state index in [1.165, 1.54) is 4.31 Å². The fourth-order valence-corrected chi connectivity index (χ4v) is 4.94. The van der Waals surface area contributed by atoms with Gasteiger partial charge in [0.2, 0.25) is 0 Å². The van der Waals surface area contributed by atoms with Crippen molar-refractivity contribution in [2.24, 2.45) is 0 Å². The van der Waals surface area contributed by atoms with E-state index in [-0.39, 0.29) is 22.4 Å². The van der Waals surface area contributed by atoms with E-state index in [1.54, 1.807) is 48.5 Å². The second kappa shape index (κ2) is 6.43. The predicted octanol–water partition coefficient (Wildman–Crippen LogP) is 3.35. The van der Waals surface area contributed by atoms with Gasteiger partial charge in [0.1, 0.15) is 0 Å². The molecule has 0 aliphatic carbocycles. The second-order valence-corrected chi connectivity index (χ2v) is 9.53. The van der Waals surface area contributed by atoms with Gasteiger partial charge in [-0.05, 0) is 70.0 Å². The zero-order valence-electron chi connectivity index (χ0n) is 15.5. The molecule has 0 spiro atoms. The summed E-state index contributed by atoms with van der Waals surface area (Å²) in [6, 6.07) is 13.5. The van der Waals surface area contributed by atoms with E-state index in [0.29, 0.717) is 17.7 Å². The summed E-state index contributed by atoms with van der Waals surface area (Å²) in [5.74, 6) is -0.155. The molecule has 0 bridgehead atoms. The first kappa shape index (κ1) is 18.5. The summed E-state index contributed by atoms with van der Waals surface area (Å²) in [6.45, 7) is 7.66. The lowest BCUT2D eigenvalue weighted by atomic mass is 10.0. The van der Waals surface area contributed by atoms with Crippen molar-refractivity contribution in [3.05, 3.63) is 59.7 Å². The SMILES string of the molecule is C[C@@H]1Cc2cc(C(=O)NC(C)(C)C)ccc2N1S(=O)(=O)c1ccccc1. The molecule has 1 aliphatic rings. The fourth-order valence-electron chi connectivity index (χ4n) is 3.23. The number of hydrogen-bond acceptors (Lipinski definition) is 3. The normalized spacial score (nSPS) is 17.1. The van der Waals surface area contributed by atoms with Gasteiger partial charge >= 0.3 is 0 Å². The maximum atomic E-state index is 13.1. The Labute approximate surface area is 155 Å². The van der Waals surface area contributed by atoms with Gasteiger partial charge in [-0.15, -0.1) is 0 Å². The molecule has 0 aromatic heterocycles. The number of carbonyl (C=O) groups excluding carboxylic acids is 1. The molecule has 0 saturated heterocycles. The van der Waals surface area contributed by atoms with Crippen LogP contribution in [0.1, 0.15) is 43.6 Å². The van der Waals surface area contributed by atoms with Gasteiger partial charge in [-0.3, -0.25) is 9.10 Å². The Morgan fingerprint density at radius 3 is 2.38 bits per heavy atom. The highest BCUT2D eigenvalue weighted by atomic mass is 32.2. The van der Waals surface area contributed by atoms with Crippen LogP contribution in [-0.2, 0) is 16.4 Å². The third-order valence-electron chi connectivity index (χ3n) is 4.28. The average molecular weight is 372 g/mol. The summed E-state index contributed by atoms with van der Waals surface area (Å²) in [4.78, 5) is 12.7. The molecule has 2 aromatic rings. The molecule has 3 rings (SSSR count). The van der Waals surface area contributed by atoms with Crippen molar-refractivity contribution >= 4 is 21.6 Å². The van der Waals surface area contributed by atoms with E-state index in [1.807, 2.05) is 27.7 Å². The molecule has 138 valence electrons. The van der Waals surface area contributed by atoms with Gasteiger partial charge in [-0.25, -0.2) is 8.42 Å². The molecule has 1 amide bonds. The molecule has 0 saturated carbocycles. The molecule has 1 aliphatic heterocycles. The highest BCUT2D eigenvalue weighted by molar-refractivity contribution is 7.92. The topological polar surface area (TPSA) is 66.5 Å². The Kier molecular flexibility index (Phi) is 4.56. The van der Waals surface area contributed by atoms with Gasteiger partial charge in [0, 0.05) is 17.1 Å². The first-order valence-electron chi connectivity index (χ1n) is 8.64. The van der Waals surface area contributed by atoms with Crippen LogP contribution in [0.3, 0.4) is 0 Å². The van der Waals surface area contributed by atoms with Crippen molar-refractivity contribution in [2.75, 3.05) is 4.31 Å². The number of nitrogens with one attached hydrogen (secondary N) is 1. The van der Waals surface area contributed by atoms with Crippen molar-refractivity contribution in [2.45, 2.75) is 50.6 Å². The van der Waals surface area contributed by atoms with Crippen LogP contribution in [0.25, 0.3) is 0 Å². The molecular formula is C20H24N2O3S. The summed E-state index contributed by atoms with van der Waals surface area (Å²) in [5.41, 5.74) is 1.74. The summed E-state index contributed by atoms with van der Waals surface area (Å²) in [5, 5.41) is 2.93. The van der Waals surface area contributed by atoms with Crippen molar-refractivity contribution in [1.29, 1.82) is 0 Å². The Morgan fingerprint density at radius 2 is 1.77 bits per heavy atom. The number of benzene rings is 2. The average Bonchev–Trinajstić information content (AvgIpc) is 2.89. The highest BCUT2D eigenvalue weighted by Gasteiger charge is 2.36. The Hall–Kier alpha value is -2.34. The van der Waals surface area contributed by atoms with E-state index < -0.39 is 10.0 Å². The van der Waals surface area contributed by atoms with Crippen LogP contribution in [-0.4, -0.2) is 25.9 Å². The van der Waals surface area contributed by atoms with Gasteiger partial charge in [0.25, 0.3) is 15.9 Å². The maximum absolute atomic E-state index is 13.1. The number of rotatable bonds is 3. The number of carbonyl (C=O) groups is 1. The molecule has 0 unspecified atom stereocenters. The van der Waals surface area contributed by atoms with E-state index in [9.17, 15) is 13.2 Å². The number of hydrogen-bond donors (Lipinski definition) is 1. The summed E-state index contributed by atoms with van der Waals surface area (Å²) in [6.07, 6.45) is 0.581.